The van der Waals surface area contributed by atoms with E-state index >= 15 is 0 Å². The molecule has 1 aromatic carbocycles. The van der Waals surface area contributed by atoms with Gasteiger partial charge in [-0.15, -0.1) is 0 Å². The number of phenols is 2. The fourth-order valence-corrected chi connectivity index (χ4v) is 1.84. The molecule has 0 spiro atoms. The molecule has 96 valence electrons. The average molecular weight is 247 g/mol. The summed E-state index contributed by atoms with van der Waals surface area (Å²) in [7, 11) is 0. The molecule has 1 unspecified atom stereocenters. The standard InChI is InChI=1S/C13H17N3O2/c1-9(11-8-10(17)2-3-12(11)18)14-5-4-13-15-6-7-16-13/h2-3,6-9,14,17-18H,4-5H2,1H3,(H,15,16). The molecule has 0 bridgehead atoms. The lowest BCUT2D eigenvalue weighted by molar-refractivity contribution is 0.441. The van der Waals surface area contributed by atoms with Gasteiger partial charge in [-0.05, 0) is 25.1 Å². The molecule has 0 aliphatic heterocycles. The van der Waals surface area contributed by atoms with E-state index in [9.17, 15) is 10.2 Å². The quantitative estimate of drug-likeness (QED) is 0.606. The van der Waals surface area contributed by atoms with Crippen LogP contribution in [-0.4, -0.2) is 26.7 Å². The molecule has 0 radical (unpaired) electrons. The van der Waals surface area contributed by atoms with Gasteiger partial charge in [-0.1, -0.05) is 0 Å². The summed E-state index contributed by atoms with van der Waals surface area (Å²) in [5.74, 6) is 1.27. The smallest absolute Gasteiger partial charge is 0.120 e. The Morgan fingerprint density at radius 1 is 1.39 bits per heavy atom. The molecule has 1 atom stereocenters. The van der Waals surface area contributed by atoms with Crippen LogP contribution in [0.3, 0.4) is 0 Å². The topological polar surface area (TPSA) is 81.2 Å². The van der Waals surface area contributed by atoms with E-state index in [1.165, 1.54) is 12.1 Å². The number of nitrogens with one attached hydrogen (secondary N) is 2. The summed E-state index contributed by atoms with van der Waals surface area (Å²) in [6.45, 7) is 2.68. The van der Waals surface area contributed by atoms with Crippen molar-refractivity contribution in [1.29, 1.82) is 0 Å². The molecule has 0 fully saturated rings. The molecule has 5 heteroatoms. The van der Waals surface area contributed by atoms with Gasteiger partial charge in [-0.2, -0.15) is 0 Å². The van der Waals surface area contributed by atoms with Crippen molar-refractivity contribution in [2.24, 2.45) is 0 Å². The molecular weight excluding hydrogens is 230 g/mol. The number of aromatic amines is 1. The zero-order chi connectivity index (χ0) is 13.0. The lowest BCUT2D eigenvalue weighted by Gasteiger charge is -2.15. The summed E-state index contributed by atoms with van der Waals surface area (Å²) < 4.78 is 0. The predicted molar refractivity (Wildman–Crippen MR) is 68.5 cm³/mol. The number of aromatic hydroxyl groups is 2. The van der Waals surface area contributed by atoms with Crippen LogP contribution >= 0.6 is 0 Å². The monoisotopic (exact) mass is 247 g/mol. The lowest BCUT2D eigenvalue weighted by atomic mass is 10.1. The highest BCUT2D eigenvalue weighted by Gasteiger charge is 2.10. The Bertz CT molecular complexity index is 497. The minimum absolute atomic E-state index is 0.0351. The van der Waals surface area contributed by atoms with Gasteiger partial charge in [0, 0.05) is 37.0 Å². The number of benzene rings is 1. The van der Waals surface area contributed by atoms with E-state index in [4.69, 9.17) is 0 Å². The second-order valence-electron chi connectivity index (χ2n) is 4.20. The van der Waals surface area contributed by atoms with Crippen LogP contribution in [0.1, 0.15) is 24.4 Å². The number of phenolic OH excluding ortho intramolecular Hbond substituents is 2. The van der Waals surface area contributed by atoms with Crippen LogP contribution in [0.4, 0.5) is 0 Å². The second kappa shape index (κ2) is 5.55. The normalized spacial score (nSPS) is 12.5. The fourth-order valence-electron chi connectivity index (χ4n) is 1.84. The molecule has 1 aromatic heterocycles. The summed E-state index contributed by atoms with van der Waals surface area (Å²) in [5.41, 5.74) is 0.689. The molecule has 0 aliphatic rings. The first-order valence-corrected chi connectivity index (χ1v) is 5.90. The fraction of sp³-hybridized carbons (Fsp3) is 0.308. The van der Waals surface area contributed by atoms with Crippen LogP contribution in [-0.2, 0) is 6.42 Å². The molecule has 0 aliphatic carbocycles. The van der Waals surface area contributed by atoms with Crippen molar-refractivity contribution in [1.82, 2.24) is 15.3 Å². The van der Waals surface area contributed by atoms with Gasteiger partial charge < -0.3 is 20.5 Å². The van der Waals surface area contributed by atoms with Crippen molar-refractivity contribution in [3.63, 3.8) is 0 Å². The van der Waals surface area contributed by atoms with Gasteiger partial charge in [0.25, 0.3) is 0 Å². The number of hydrogen-bond donors (Lipinski definition) is 4. The van der Waals surface area contributed by atoms with E-state index in [-0.39, 0.29) is 17.5 Å². The Morgan fingerprint density at radius 2 is 2.22 bits per heavy atom. The third-order valence-corrected chi connectivity index (χ3v) is 2.84. The first-order valence-electron chi connectivity index (χ1n) is 5.90. The number of hydrogen-bond acceptors (Lipinski definition) is 4. The van der Waals surface area contributed by atoms with E-state index in [1.807, 2.05) is 6.92 Å². The Balaban J connectivity index is 1.91. The zero-order valence-electron chi connectivity index (χ0n) is 10.2. The van der Waals surface area contributed by atoms with Gasteiger partial charge in [-0.3, -0.25) is 0 Å². The highest BCUT2D eigenvalue weighted by molar-refractivity contribution is 5.40. The number of aromatic nitrogens is 2. The van der Waals surface area contributed by atoms with Gasteiger partial charge in [0.2, 0.25) is 0 Å². The molecule has 18 heavy (non-hydrogen) atoms. The maximum absolute atomic E-state index is 9.72. The minimum atomic E-state index is -0.0351. The Labute approximate surface area is 106 Å². The molecule has 5 nitrogen and oxygen atoms in total. The van der Waals surface area contributed by atoms with Crippen LogP contribution in [0, 0.1) is 0 Å². The van der Waals surface area contributed by atoms with Gasteiger partial charge in [-0.25, -0.2) is 4.98 Å². The Hall–Kier alpha value is -2.01. The third kappa shape index (κ3) is 3.01. The van der Waals surface area contributed by atoms with Gasteiger partial charge in [0.15, 0.2) is 0 Å². The summed E-state index contributed by atoms with van der Waals surface area (Å²) in [6.07, 6.45) is 4.30. The van der Waals surface area contributed by atoms with E-state index in [1.54, 1.807) is 18.5 Å². The van der Waals surface area contributed by atoms with Crippen LogP contribution in [0.25, 0.3) is 0 Å². The summed E-state index contributed by atoms with van der Waals surface area (Å²) >= 11 is 0. The number of rotatable bonds is 5. The predicted octanol–water partition coefficient (Wildman–Crippen LogP) is 1.71. The molecular formula is C13H17N3O2. The van der Waals surface area contributed by atoms with Crippen molar-refractivity contribution < 1.29 is 10.2 Å². The van der Waals surface area contributed by atoms with Crippen molar-refractivity contribution in [2.45, 2.75) is 19.4 Å². The molecule has 0 saturated heterocycles. The molecule has 4 N–H and O–H groups in total. The summed E-state index contributed by atoms with van der Waals surface area (Å²) in [4.78, 5) is 7.16. The number of imidazole rings is 1. The van der Waals surface area contributed by atoms with Gasteiger partial charge >= 0.3 is 0 Å². The van der Waals surface area contributed by atoms with Crippen molar-refractivity contribution in [2.75, 3.05) is 6.54 Å². The van der Waals surface area contributed by atoms with Crippen molar-refractivity contribution in [3.05, 3.63) is 42.0 Å². The molecule has 1 heterocycles. The maximum Gasteiger partial charge on any atom is 0.120 e. The largest absolute Gasteiger partial charge is 0.508 e. The van der Waals surface area contributed by atoms with Crippen molar-refractivity contribution >= 4 is 0 Å². The summed E-state index contributed by atoms with van der Waals surface area (Å²) in [5, 5.41) is 22.4. The Kier molecular flexibility index (Phi) is 3.84. The first kappa shape index (κ1) is 12.4. The Morgan fingerprint density at radius 3 is 2.94 bits per heavy atom. The third-order valence-electron chi connectivity index (χ3n) is 2.84. The molecule has 2 rings (SSSR count). The zero-order valence-corrected chi connectivity index (χ0v) is 10.2. The molecule has 2 aromatic rings. The van der Waals surface area contributed by atoms with Crippen molar-refractivity contribution in [3.8, 4) is 11.5 Å². The maximum atomic E-state index is 9.72. The van der Waals surface area contributed by atoms with Crippen LogP contribution in [0.15, 0.2) is 30.6 Å². The summed E-state index contributed by atoms with van der Waals surface area (Å²) in [6, 6.07) is 4.50. The number of H-pyrrole nitrogens is 1. The lowest BCUT2D eigenvalue weighted by Crippen LogP contribution is -2.21. The first-order chi connectivity index (χ1) is 8.66. The highest BCUT2D eigenvalue weighted by Crippen LogP contribution is 2.27. The highest BCUT2D eigenvalue weighted by atomic mass is 16.3. The van der Waals surface area contributed by atoms with Gasteiger partial charge in [0.05, 0.1) is 0 Å². The van der Waals surface area contributed by atoms with E-state index < -0.39 is 0 Å². The second-order valence-corrected chi connectivity index (χ2v) is 4.20. The number of nitrogens with zero attached hydrogens (tertiary/aromatic N) is 1. The van der Waals surface area contributed by atoms with Crippen LogP contribution in [0.5, 0.6) is 11.5 Å². The molecule has 0 amide bonds. The van der Waals surface area contributed by atoms with Crippen LogP contribution in [0.2, 0.25) is 0 Å². The van der Waals surface area contributed by atoms with Gasteiger partial charge in [0.1, 0.15) is 17.3 Å². The van der Waals surface area contributed by atoms with Crippen LogP contribution < -0.4 is 5.32 Å². The molecule has 0 saturated carbocycles. The average Bonchev–Trinajstić information content (AvgIpc) is 2.85. The minimum Gasteiger partial charge on any atom is -0.508 e. The van der Waals surface area contributed by atoms with E-state index in [2.05, 4.69) is 15.3 Å². The van der Waals surface area contributed by atoms with E-state index in [0.29, 0.717) is 5.56 Å². The SMILES string of the molecule is CC(NCCc1ncc[nH]1)c1cc(O)ccc1O. The van der Waals surface area contributed by atoms with E-state index in [0.717, 1.165) is 18.8 Å².